The number of aryl methyl sites for hydroxylation is 1. The molecule has 0 radical (unpaired) electrons. The minimum atomic E-state index is 0.554. The number of nitrogens with zero attached hydrogens (tertiary/aromatic N) is 2. The molecule has 1 aromatic heterocycles. The Hall–Kier alpha value is -1.75. The number of hydrogen-bond donors (Lipinski definition) is 2. The van der Waals surface area contributed by atoms with Crippen LogP contribution in [0.2, 0.25) is 0 Å². The number of likely N-dealkylation sites (tertiary alicyclic amines) is 1. The fraction of sp³-hybridized carbons (Fsp3) is 0.533. The lowest BCUT2D eigenvalue weighted by atomic mass is 10.1. The quantitative estimate of drug-likeness (QED) is 0.896. The second-order valence-corrected chi connectivity index (χ2v) is 5.63. The van der Waals surface area contributed by atoms with Crippen LogP contribution in [0.15, 0.2) is 12.1 Å². The molecule has 1 aliphatic heterocycles. The summed E-state index contributed by atoms with van der Waals surface area (Å²) in [4.78, 5) is 2.47. The number of hydrogen-bond acceptors (Lipinski definition) is 4. The Balaban J connectivity index is 1.69. The number of H-pyrrole nitrogens is 1. The maximum absolute atomic E-state index is 5.97. The van der Waals surface area contributed by atoms with Gasteiger partial charge < -0.3 is 15.4 Å². The van der Waals surface area contributed by atoms with Crippen molar-refractivity contribution in [3.8, 4) is 5.75 Å². The van der Waals surface area contributed by atoms with Gasteiger partial charge in [0.25, 0.3) is 0 Å². The Morgan fingerprint density at radius 2 is 2.35 bits per heavy atom. The Kier molecular flexibility index (Phi) is 3.53. The second kappa shape index (κ2) is 5.32. The molecule has 1 fully saturated rings. The van der Waals surface area contributed by atoms with Crippen LogP contribution < -0.4 is 10.5 Å². The van der Waals surface area contributed by atoms with Crippen LogP contribution in [-0.2, 0) is 0 Å². The first kappa shape index (κ1) is 13.2. The third kappa shape index (κ3) is 2.45. The number of nitrogens with one attached hydrogen (secondary N) is 1. The highest BCUT2D eigenvalue weighted by molar-refractivity contribution is 5.92. The van der Waals surface area contributed by atoms with Gasteiger partial charge in [0.15, 0.2) is 5.82 Å². The Bertz CT molecular complexity index is 607. The van der Waals surface area contributed by atoms with Gasteiger partial charge in [-0.2, -0.15) is 5.10 Å². The van der Waals surface area contributed by atoms with Crippen LogP contribution in [0.25, 0.3) is 10.9 Å². The molecule has 0 amide bonds. The van der Waals surface area contributed by atoms with Crippen molar-refractivity contribution in [3.63, 3.8) is 0 Å². The number of fused-ring (bicyclic) bond motifs is 1. The summed E-state index contributed by atoms with van der Waals surface area (Å²) in [7, 11) is 0. The number of nitrogen functional groups attached to an aromatic ring is 1. The molecule has 5 heteroatoms. The van der Waals surface area contributed by atoms with Crippen molar-refractivity contribution in [2.75, 3.05) is 32.0 Å². The van der Waals surface area contributed by atoms with E-state index in [0.717, 1.165) is 41.9 Å². The Morgan fingerprint density at radius 1 is 1.50 bits per heavy atom. The molecule has 1 saturated heterocycles. The molecule has 5 nitrogen and oxygen atoms in total. The molecular formula is C15H22N4O. The summed E-state index contributed by atoms with van der Waals surface area (Å²) >= 11 is 0. The van der Waals surface area contributed by atoms with Crippen LogP contribution >= 0.6 is 0 Å². The summed E-state index contributed by atoms with van der Waals surface area (Å²) in [6, 6.07) is 4.03. The minimum Gasteiger partial charge on any atom is -0.493 e. The fourth-order valence-electron chi connectivity index (χ4n) is 2.99. The zero-order valence-electron chi connectivity index (χ0n) is 12.1. The lowest BCUT2D eigenvalue weighted by molar-refractivity contribution is 0.243. The lowest BCUT2D eigenvalue weighted by Gasteiger charge is -2.14. The molecule has 0 spiro atoms. The molecule has 2 aromatic rings. The molecule has 0 saturated carbocycles. The minimum absolute atomic E-state index is 0.554. The van der Waals surface area contributed by atoms with Crippen molar-refractivity contribution < 1.29 is 4.74 Å². The number of benzene rings is 1. The van der Waals surface area contributed by atoms with Crippen molar-refractivity contribution in [3.05, 3.63) is 17.7 Å². The van der Waals surface area contributed by atoms with Gasteiger partial charge in [0, 0.05) is 23.9 Å². The topological polar surface area (TPSA) is 67.2 Å². The van der Waals surface area contributed by atoms with Crippen molar-refractivity contribution >= 4 is 16.7 Å². The van der Waals surface area contributed by atoms with E-state index in [1.54, 1.807) is 0 Å². The molecule has 3 rings (SSSR count). The number of ether oxygens (including phenoxy) is 1. The van der Waals surface area contributed by atoms with E-state index in [4.69, 9.17) is 10.5 Å². The smallest absolute Gasteiger partial charge is 0.153 e. The van der Waals surface area contributed by atoms with Crippen LogP contribution in [0.4, 0.5) is 5.82 Å². The summed E-state index contributed by atoms with van der Waals surface area (Å²) in [5.74, 6) is 2.09. The van der Waals surface area contributed by atoms with Gasteiger partial charge in [-0.05, 0) is 38.1 Å². The first-order chi connectivity index (χ1) is 9.67. The molecule has 1 unspecified atom stereocenters. The van der Waals surface area contributed by atoms with E-state index in [1.165, 1.54) is 13.0 Å². The Morgan fingerprint density at radius 3 is 3.10 bits per heavy atom. The highest BCUT2D eigenvalue weighted by Gasteiger charge is 2.21. The van der Waals surface area contributed by atoms with Gasteiger partial charge in [-0.3, -0.25) is 5.10 Å². The summed E-state index contributed by atoms with van der Waals surface area (Å²) in [5.41, 5.74) is 7.89. The van der Waals surface area contributed by atoms with E-state index in [0.29, 0.717) is 11.7 Å². The average molecular weight is 274 g/mol. The normalized spacial score (nSPS) is 19.8. The predicted octanol–water partition coefficient (Wildman–Crippen LogP) is 2.17. The van der Waals surface area contributed by atoms with E-state index in [9.17, 15) is 0 Å². The second-order valence-electron chi connectivity index (χ2n) is 5.63. The number of aromatic amines is 1. The van der Waals surface area contributed by atoms with Crippen molar-refractivity contribution in [2.24, 2.45) is 5.92 Å². The largest absolute Gasteiger partial charge is 0.493 e. The number of anilines is 1. The zero-order chi connectivity index (χ0) is 14.1. The monoisotopic (exact) mass is 274 g/mol. The SMILES string of the molecule is CCN1CCC(COc2cc(C)c3c(N)n[nH]c3c2)C1. The fourth-order valence-corrected chi connectivity index (χ4v) is 2.99. The van der Waals surface area contributed by atoms with Gasteiger partial charge >= 0.3 is 0 Å². The van der Waals surface area contributed by atoms with Gasteiger partial charge in [0.1, 0.15) is 5.75 Å². The summed E-state index contributed by atoms with van der Waals surface area (Å²) in [5, 5.41) is 7.99. The van der Waals surface area contributed by atoms with Crippen LogP contribution in [0.5, 0.6) is 5.75 Å². The summed E-state index contributed by atoms with van der Waals surface area (Å²) in [6.07, 6.45) is 1.23. The predicted molar refractivity (Wildman–Crippen MR) is 81.0 cm³/mol. The molecule has 3 N–H and O–H groups in total. The number of rotatable bonds is 4. The first-order valence-corrected chi connectivity index (χ1v) is 7.26. The van der Waals surface area contributed by atoms with Gasteiger partial charge in [-0.25, -0.2) is 0 Å². The van der Waals surface area contributed by atoms with Gasteiger partial charge in [0.05, 0.1) is 12.1 Å². The maximum atomic E-state index is 5.97. The van der Waals surface area contributed by atoms with Crippen LogP contribution in [0.3, 0.4) is 0 Å². The third-order valence-electron chi connectivity index (χ3n) is 4.16. The first-order valence-electron chi connectivity index (χ1n) is 7.26. The molecule has 0 aliphatic carbocycles. The van der Waals surface area contributed by atoms with Crippen molar-refractivity contribution in [2.45, 2.75) is 20.3 Å². The maximum Gasteiger partial charge on any atom is 0.153 e. The van der Waals surface area contributed by atoms with E-state index in [-0.39, 0.29) is 0 Å². The highest BCUT2D eigenvalue weighted by atomic mass is 16.5. The number of nitrogens with two attached hydrogens (primary N) is 1. The van der Waals surface area contributed by atoms with Crippen LogP contribution in [0, 0.1) is 12.8 Å². The zero-order valence-corrected chi connectivity index (χ0v) is 12.1. The molecule has 0 bridgehead atoms. The molecule has 1 aliphatic rings. The van der Waals surface area contributed by atoms with Crippen molar-refractivity contribution in [1.82, 2.24) is 15.1 Å². The summed E-state index contributed by atoms with van der Waals surface area (Å²) in [6.45, 7) is 8.51. The molecular weight excluding hydrogens is 252 g/mol. The summed E-state index contributed by atoms with van der Waals surface area (Å²) < 4.78 is 5.97. The standard InChI is InChI=1S/C15H22N4O/c1-3-19-5-4-11(8-19)9-20-12-6-10(2)14-13(7-12)17-18-15(14)16/h6-7,11H,3-5,8-9H2,1-2H3,(H3,16,17,18). The molecule has 108 valence electrons. The molecule has 1 atom stereocenters. The van der Waals surface area contributed by atoms with Crippen molar-refractivity contribution in [1.29, 1.82) is 0 Å². The molecule has 20 heavy (non-hydrogen) atoms. The van der Waals surface area contributed by atoms with Crippen LogP contribution in [-0.4, -0.2) is 41.3 Å². The van der Waals surface area contributed by atoms with E-state index < -0.39 is 0 Å². The van der Waals surface area contributed by atoms with E-state index in [2.05, 4.69) is 22.0 Å². The number of aromatic nitrogens is 2. The molecule has 2 heterocycles. The lowest BCUT2D eigenvalue weighted by Crippen LogP contribution is -2.21. The van der Waals surface area contributed by atoms with Gasteiger partial charge in [-0.1, -0.05) is 6.92 Å². The third-order valence-corrected chi connectivity index (χ3v) is 4.16. The van der Waals surface area contributed by atoms with Gasteiger partial charge in [0.2, 0.25) is 0 Å². The highest BCUT2D eigenvalue weighted by Crippen LogP contribution is 2.28. The average Bonchev–Trinajstić information content (AvgIpc) is 3.03. The molecule has 1 aromatic carbocycles. The Labute approximate surface area is 119 Å². The van der Waals surface area contributed by atoms with E-state index in [1.807, 2.05) is 19.1 Å². The van der Waals surface area contributed by atoms with Gasteiger partial charge in [-0.15, -0.1) is 0 Å². The van der Waals surface area contributed by atoms with Crippen LogP contribution in [0.1, 0.15) is 18.9 Å². The van der Waals surface area contributed by atoms with E-state index >= 15 is 0 Å².